The first-order valence-corrected chi connectivity index (χ1v) is 6.36. The predicted octanol–water partition coefficient (Wildman–Crippen LogP) is 2.14. The number of hydrogen-bond donors (Lipinski definition) is 3. The number of anilines is 1. The van der Waals surface area contributed by atoms with Gasteiger partial charge in [0.2, 0.25) is 5.96 Å². The predicted molar refractivity (Wildman–Crippen MR) is 75.8 cm³/mol. The molecule has 7 heteroatoms. The molecule has 0 saturated heterocycles. The molecule has 0 saturated carbocycles. The van der Waals surface area contributed by atoms with Crippen LogP contribution >= 0.6 is 11.6 Å². The lowest BCUT2D eigenvalue weighted by Gasteiger charge is -2.10. The number of nitrogens with one attached hydrogen (secondary N) is 2. The first-order valence-electron chi connectivity index (χ1n) is 5.98. The molecular formula is C12H18ClFN4O. The van der Waals surface area contributed by atoms with Gasteiger partial charge in [0.1, 0.15) is 5.82 Å². The van der Waals surface area contributed by atoms with Crippen LogP contribution in [0.1, 0.15) is 13.3 Å². The standard InChI is InChI=1S/C12H18ClFN4O/c1-2-19-7-3-6-16-12(18-15)17-11-8-9(13)4-5-10(11)14/h4-5,8H,2-3,6-7,15H2,1H3,(H2,16,17,18). The van der Waals surface area contributed by atoms with E-state index >= 15 is 0 Å². The summed E-state index contributed by atoms with van der Waals surface area (Å²) in [7, 11) is 0. The average molecular weight is 289 g/mol. The number of rotatable bonds is 6. The van der Waals surface area contributed by atoms with Crippen molar-refractivity contribution in [2.45, 2.75) is 13.3 Å². The zero-order valence-corrected chi connectivity index (χ0v) is 11.5. The van der Waals surface area contributed by atoms with Gasteiger partial charge in [-0.25, -0.2) is 10.2 Å². The van der Waals surface area contributed by atoms with Gasteiger partial charge in [-0.2, -0.15) is 0 Å². The highest BCUT2D eigenvalue weighted by Gasteiger charge is 2.05. The summed E-state index contributed by atoms with van der Waals surface area (Å²) in [6.45, 7) is 3.76. The Balaban J connectivity index is 2.55. The van der Waals surface area contributed by atoms with Crippen molar-refractivity contribution in [3.05, 3.63) is 29.0 Å². The number of nitrogens with zero attached hydrogens (tertiary/aromatic N) is 1. The second kappa shape index (κ2) is 8.68. The van der Waals surface area contributed by atoms with Crippen LogP contribution in [0.4, 0.5) is 10.1 Å². The Morgan fingerprint density at radius 3 is 3.00 bits per heavy atom. The minimum absolute atomic E-state index is 0.217. The third-order valence-electron chi connectivity index (χ3n) is 2.24. The zero-order valence-electron chi connectivity index (χ0n) is 10.7. The summed E-state index contributed by atoms with van der Waals surface area (Å²) in [6, 6.07) is 4.20. The fraction of sp³-hybridized carbons (Fsp3) is 0.417. The lowest BCUT2D eigenvalue weighted by molar-refractivity contribution is 0.146. The number of aliphatic imine (C=N–C) groups is 1. The molecule has 0 bridgehead atoms. The lowest BCUT2D eigenvalue weighted by Crippen LogP contribution is -2.36. The molecule has 19 heavy (non-hydrogen) atoms. The van der Waals surface area contributed by atoms with Gasteiger partial charge in [0.15, 0.2) is 0 Å². The van der Waals surface area contributed by atoms with Gasteiger partial charge in [-0.1, -0.05) is 11.6 Å². The van der Waals surface area contributed by atoms with Gasteiger partial charge in [-0.05, 0) is 31.5 Å². The molecule has 0 aromatic heterocycles. The van der Waals surface area contributed by atoms with Crippen molar-refractivity contribution < 1.29 is 9.13 Å². The average Bonchev–Trinajstić information content (AvgIpc) is 2.41. The first-order chi connectivity index (χ1) is 9.17. The molecule has 1 rings (SSSR count). The summed E-state index contributed by atoms with van der Waals surface area (Å²) in [6.07, 6.45) is 0.763. The smallest absolute Gasteiger partial charge is 0.210 e. The van der Waals surface area contributed by atoms with Crippen molar-refractivity contribution in [2.24, 2.45) is 10.8 Å². The number of benzene rings is 1. The maximum absolute atomic E-state index is 13.5. The number of guanidine groups is 1. The van der Waals surface area contributed by atoms with Crippen molar-refractivity contribution in [3.8, 4) is 0 Å². The summed E-state index contributed by atoms with van der Waals surface area (Å²) in [5.41, 5.74) is 2.59. The van der Waals surface area contributed by atoms with Crippen LogP contribution in [0.2, 0.25) is 5.02 Å². The lowest BCUT2D eigenvalue weighted by atomic mass is 10.3. The van der Waals surface area contributed by atoms with Gasteiger partial charge in [0, 0.05) is 24.8 Å². The Bertz CT molecular complexity index is 428. The van der Waals surface area contributed by atoms with E-state index in [-0.39, 0.29) is 11.6 Å². The number of hydrogen-bond acceptors (Lipinski definition) is 3. The van der Waals surface area contributed by atoms with Gasteiger partial charge in [-0.15, -0.1) is 0 Å². The summed E-state index contributed by atoms with van der Waals surface area (Å²) in [5.74, 6) is 5.17. The SMILES string of the molecule is CCOCCCN=C(NN)Nc1cc(Cl)ccc1F. The number of nitrogens with two attached hydrogens (primary N) is 1. The second-order valence-corrected chi connectivity index (χ2v) is 4.11. The van der Waals surface area contributed by atoms with E-state index < -0.39 is 5.82 Å². The normalized spacial score (nSPS) is 11.5. The van der Waals surface area contributed by atoms with E-state index in [0.717, 1.165) is 6.42 Å². The van der Waals surface area contributed by atoms with Crippen LogP contribution < -0.4 is 16.6 Å². The van der Waals surface area contributed by atoms with E-state index in [4.69, 9.17) is 22.2 Å². The fourth-order valence-corrected chi connectivity index (χ4v) is 1.52. The highest BCUT2D eigenvalue weighted by atomic mass is 35.5. The van der Waals surface area contributed by atoms with Crippen LogP contribution in [0.15, 0.2) is 23.2 Å². The maximum atomic E-state index is 13.5. The molecular weight excluding hydrogens is 271 g/mol. The molecule has 0 aliphatic heterocycles. The Morgan fingerprint density at radius 2 is 2.32 bits per heavy atom. The van der Waals surface area contributed by atoms with Gasteiger partial charge in [0.25, 0.3) is 0 Å². The fourth-order valence-electron chi connectivity index (χ4n) is 1.34. The molecule has 106 valence electrons. The van der Waals surface area contributed by atoms with Crippen molar-refractivity contribution in [3.63, 3.8) is 0 Å². The molecule has 0 amide bonds. The van der Waals surface area contributed by atoms with Crippen molar-refractivity contribution in [1.29, 1.82) is 0 Å². The van der Waals surface area contributed by atoms with Crippen molar-refractivity contribution in [2.75, 3.05) is 25.1 Å². The van der Waals surface area contributed by atoms with E-state index in [1.165, 1.54) is 18.2 Å². The van der Waals surface area contributed by atoms with Crippen molar-refractivity contribution in [1.82, 2.24) is 5.43 Å². The quantitative estimate of drug-likeness (QED) is 0.247. The molecule has 1 aromatic carbocycles. The molecule has 1 aromatic rings. The summed E-state index contributed by atoms with van der Waals surface area (Å²) in [4.78, 5) is 4.16. The van der Waals surface area contributed by atoms with Crippen LogP contribution in [0.25, 0.3) is 0 Å². The van der Waals surface area contributed by atoms with E-state index in [9.17, 15) is 4.39 Å². The van der Waals surface area contributed by atoms with Gasteiger partial charge < -0.3 is 10.1 Å². The van der Waals surface area contributed by atoms with Gasteiger partial charge >= 0.3 is 0 Å². The third kappa shape index (κ3) is 5.87. The highest BCUT2D eigenvalue weighted by molar-refractivity contribution is 6.30. The van der Waals surface area contributed by atoms with E-state index in [0.29, 0.717) is 24.8 Å². The Hall–Kier alpha value is -1.37. The van der Waals surface area contributed by atoms with E-state index in [1.54, 1.807) is 0 Å². The molecule has 0 radical (unpaired) electrons. The molecule has 4 N–H and O–H groups in total. The topological polar surface area (TPSA) is 71.7 Å². The Labute approximate surface area is 117 Å². The second-order valence-electron chi connectivity index (χ2n) is 3.67. The van der Waals surface area contributed by atoms with Gasteiger partial charge in [-0.3, -0.25) is 10.4 Å². The molecule has 0 aliphatic rings. The monoisotopic (exact) mass is 288 g/mol. The van der Waals surface area contributed by atoms with Crippen molar-refractivity contribution >= 4 is 23.2 Å². The largest absolute Gasteiger partial charge is 0.382 e. The van der Waals surface area contributed by atoms with E-state index in [2.05, 4.69) is 15.7 Å². The van der Waals surface area contributed by atoms with Crippen LogP contribution in [0.3, 0.4) is 0 Å². The Morgan fingerprint density at radius 1 is 1.53 bits per heavy atom. The highest BCUT2D eigenvalue weighted by Crippen LogP contribution is 2.19. The molecule has 0 unspecified atom stereocenters. The molecule has 0 heterocycles. The number of halogens is 2. The first kappa shape index (κ1) is 15.7. The minimum Gasteiger partial charge on any atom is -0.382 e. The summed E-state index contributed by atoms with van der Waals surface area (Å²) < 4.78 is 18.7. The third-order valence-corrected chi connectivity index (χ3v) is 2.47. The number of hydrazine groups is 1. The molecule has 5 nitrogen and oxygen atoms in total. The molecule has 0 aliphatic carbocycles. The van der Waals surface area contributed by atoms with Gasteiger partial charge in [0.05, 0.1) is 5.69 Å². The summed E-state index contributed by atoms with van der Waals surface area (Å²) >= 11 is 5.79. The maximum Gasteiger partial charge on any atom is 0.210 e. The summed E-state index contributed by atoms with van der Waals surface area (Å²) in [5, 5.41) is 3.17. The molecule has 0 atom stereocenters. The van der Waals surface area contributed by atoms with E-state index in [1.807, 2.05) is 6.92 Å². The van der Waals surface area contributed by atoms with Crippen LogP contribution in [0.5, 0.6) is 0 Å². The zero-order chi connectivity index (χ0) is 14.1. The van der Waals surface area contributed by atoms with Crippen LogP contribution in [-0.4, -0.2) is 25.7 Å². The Kier molecular flexibility index (Phi) is 7.17. The minimum atomic E-state index is -0.429. The number of ether oxygens (including phenoxy) is 1. The molecule has 0 spiro atoms. The van der Waals surface area contributed by atoms with Crippen LogP contribution in [-0.2, 0) is 4.74 Å². The van der Waals surface area contributed by atoms with Crippen LogP contribution in [0, 0.1) is 5.82 Å². The molecule has 0 fully saturated rings.